The Bertz CT molecular complexity index is 517. The predicted molar refractivity (Wildman–Crippen MR) is 66.5 cm³/mol. The molecule has 3 N–H and O–H groups in total. The van der Waals surface area contributed by atoms with Crippen LogP contribution in [0.2, 0.25) is 0 Å². The van der Waals surface area contributed by atoms with Crippen LogP contribution in [-0.2, 0) is 0 Å². The van der Waals surface area contributed by atoms with Crippen molar-refractivity contribution in [1.82, 2.24) is 9.97 Å². The highest BCUT2D eigenvalue weighted by atomic mass is 15.3. The van der Waals surface area contributed by atoms with E-state index in [-0.39, 0.29) is 0 Å². The lowest BCUT2D eigenvalue weighted by atomic mass is 10.2. The molecule has 1 atom stereocenters. The third kappa shape index (κ3) is 1.41. The molecule has 16 heavy (non-hydrogen) atoms. The van der Waals surface area contributed by atoms with Gasteiger partial charge in [-0.3, -0.25) is 0 Å². The van der Waals surface area contributed by atoms with Gasteiger partial charge in [-0.05, 0) is 38.0 Å². The van der Waals surface area contributed by atoms with Crippen LogP contribution in [0.15, 0.2) is 18.2 Å². The summed E-state index contributed by atoms with van der Waals surface area (Å²) in [6.07, 6.45) is 2.50. The van der Waals surface area contributed by atoms with Crippen molar-refractivity contribution < 1.29 is 0 Å². The van der Waals surface area contributed by atoms with E-state index in [0.717, 1.165) is 29.2 Å². The Labute approximate surface area is 94.5 Å². The molecule has 3 rings (SSSR count). The first kappa shape index (κ1) is 9.51. The van der Waals surface area contributed by atoms with Crippen molar-refractivity contribution in [2.45, 2.75) is 25.8 Å². The smallest absolute Gasteiger partial charge is 0.204 e. The van der Waals surface area contributed by atoms with Crippen molar-refractivity contribution >= 4 is 22.7 Å². The van der Waals surface area contributed by atoms with Gasteiger partial charge in [0.15, 0.2) is 0 Å². The molecule has 1 aliphatic rings. The maximum atomic E-state index is 5.75. The maximum Gasteiger partial charge on any atom is 0.204 e. The molecule has 1 aromatic carbocycles. The fourth-order valence-electron chi connectivity index (χ4n) is 2.40. The number of fused-ring (bicyclic) bond motifs is 1. The third-order valence-corrected chi connectivity index (χ3v) is 3.32. The second kappa shape index (κ2) is 3.40. The number of nitrogens with two attached hydrogens (primary N) is 1. The summed E-state index contributed by atoms with van der Waals surface area (Å²) in [5.74, 6) is 0.977. The van der Waals surface area contributed by atoms with E-state index in [1.807, 2.05) is 18.2 Å². The molecule has 2 aromatic rings. The monoisotopic (exact) mass is 216 g/mol. The summed E-state index contributed by atoms with van der Waals surface area (Å²) in [4.78, 5) is 10.3. The third-order valence-electron chi connectivity index (χ3n) is 3.32. The highest BCUT2D eigenvalue weighted by Crippen LogP contribution is 2.25. The van der Waals surface area contributed by atoms with Crippen LogP contribution in [0.3, 0.4) is 0 Å². The topological polar surface area (TPSA) is 57.9 Å². The number of aromatic amines is 1. The lowest BCUT2D eigenvalue weighted by molar-refractivity contribution is 0.722. The molecular formula is C12H16N4. The van der Waals surface area contributed by atoms with Crippen molar-refractivity contribution in [2.75, 3.05) is 17.2 Å². The minimum absolute atomic E-state index is 0.581. The standard InChI is InChI=1S/C12H16N4/c1-8-3-2-6-16(8)12-14-10-5-4-9(13)7-11(10)15-12/h4-5,7-8H,2-3,6,13H2,1H3,(H,14,15). The van der Waals surface area contributed by atoms with Gasteiger partial charge in [-0.2, -0.15) is 0 Å². The number of nitrogen functional groups attached to an aromatic ring is 1. The number of rotatable bonds is 1. The Balaban J connectivity index is 2.04. The number of imidazole rings is 1. The summed E-state index contributed by atoms with van der Waals surface area (Å²) in [5.41, 5.74) is 8.54. The van der Waals surface area contributed by atoms with Gasteiger partial charge in [-0.1, -0.05) is 0 Å². The molecule has 2 heterocycles. The van der Waals surface area contributed by atoms with Crippen LogP contribution in [0.4, 0.5) is 11.6 Å². The molecule has 0 amide bonds. The molecule has 0 radical (unpaired) electrons. The SMILES string of the molecule is CC1CCCN1c1nc2ccc(N)cc2[nH]1. The molecule has 4 nitrogen and oxygen atoms in total. The Morgan fingerprint density at radius 3 is 3.12 bits per heavy atom. The summed E-state index contributed by atoms with van der Waals surface area (Å²) < 4.78 is 0. The molecule has 0 saturated carbocycles. The average Bonchev–Trinajstić information content (AvgIpc) is 2.82. The second-order valence-electron chi connectivity index (χ2n) is 4.52. The average molecular weight is 216 g/mol. The number of hydrogen-bond donors (Lipinski definition) is 2. The lowest BCUT2D eigenvalue weighted by Crippen LogP contribution is -2.27. The molecular weight excluding hydrogens is 200 g/mol. The van der Waals surface area contributed by atoms with E-state index in [0.29, 0.717) is 6.04 Å². The van der Waals surface area contributed by atoms with E-state index in [1.165, 1.54) is 12.8 Å². The zero-order valence-electron chi connectivity index (χ0n) is 9.40. The molecule has 0 bridgehead atoms. The van der Waals surface area contributed by atoms with Crippen molar-refractivity contribution in [3.63, 3.8) is 0 Å². The number of benzene rings is 1. The molecule has 0 spiro atoms. The Kier molecular flexibility index (Phi) is 2.02. The van der Waals surface area contributed by atoms with Crippen molar-refractivity contribution in [1.29, 1.82) is 0 Å². The molecule has 1 aliphatic heterocycles. The number of anilines is 2. The highest BCUT2D eigenvalue weighted by Gasteiger charge is 2.22. The van der Waals surface area contributed by atoms with Crippen LogP contribution >= 0.6 is 0 Å². The zero-order valence-corrected chi connectivity index (χ0v) is 9.40. The molecule has 0 aliphatic carbocycles. The van der Waals surface area contributed by atoms with Gasteiger partial charge in [0.25, 0.3) is 0 Å². The lowest BCUT2D eigenvalue weighted by Gasteiger charge is -2.19. The largest absolute Gasteiger partial charge is 0.399 e. The van der Waals surface area contributed by atoms with Crippen LogP contribution in [-0.4, -0.2) is 22.6 Å². The van der Waals surface area contributed by atoms with Crippen LogP contribution in [0, 0.1) is 0 Å². The van der Waals surface area contributed by atoms with Crippen LogP contribution < -0.4 is 10.6 Å². The first-order chi connectivity index (χ1) is 7.74. The predicted octanol–water partition coefficient (Wildman–Crippen LogP) is 2.13. The molecule has 1 saturated heterocycles. The van der Waals surface area contributed by atoms with Gasteiger partial charge in [0.05, 0.1) is 11.0 Å². The number of hydrogen-bond acceptors (Lipinski definition) is 3. The van der Waals surface area contributed by atoms with E-state index in [4.69, 9.17) is 5.73 Å². The van der Waals surface area contributed by atoms with Crippen LogP contribution in [0.5, 0.6) is 0 Å². The Morgan fingerprint density at radius 1 is 1.50 bits per heavy atom. The van der Waals surface area contributed by atoms with Crippen molar-refractivity contribution in [3.05, 3.63) is 18.2 Å². The first-order valence-corrected chi connectivity index (χ1v) is 5.76. The number of nitrogens with zero attached hydrogens (tertiary/aromatic N) is 2. The van der Waals surface area contributed by atoms with Gasteiger partial charge in [0.1, 0.15) is 0 Å². The molecule has 1 fully saturated rings. The molecule has 1 aromatic heterocycles. The van der Waals surface area contributed by atoms with Gasteiger partial charge in [0, 0.05) is 18.3 Å². The number of nitrogens with one attached hydrogen (secondary N) is 1. The van der Waals surface area contributed by atoms with Gasteiger partial charge < -0.3 is 15.6 Å². The molecule has 1 unspecified atom stereocenters. The second-order valence-corrected chi connectivity index (χ2v) is 4.52. The van der Waals surface area contributed by atoms with Gasteiger partial charge in [-0.15, -0.1) is 0 Å². The fraction of sp³-hybridized carbons (Fsp3) is 0.417. The minimum atomic E-state index is 0.581. The van der Waals surface area contributed by atoms with E-state index in [9.17, 15) is 0 Å². The maximum absolute atomic E-state index is 5.75. The van der Waals surface area contributed by atoms with E-state index < -0.39 is 0 Å². The summed E-state index contributed by atoms with van der Waals surface area (Å²) >= 11 is 0. The van der Waals surface area contributed by atoms with Crippen LogP contribution in [0.1, 0.15) is 19.8 Å². The van der Waals surface area contributed by atoms with Gasteiger partial charge in [-0.25, -0.2) is 4.98 Å². The summed E-state index contributed by atoms with van der Waals surface area (Å²) in [6.45, 7) is 3.34. The minimum Gasteiger partial charge on any atom is -0.399 e. The van der Waals surface area contributed by atoms with Gasteiger partial charge >= 0.3 is 0 Å². The number of aromatic nitrogens is 2. The quantitative estimate of drug-likeness (QED) is 0.718. The summed E-state index contributed by atoms with van der Waals surface area (Å²) in [7, 11) is 0. The fourth-order valence-corrected chi connectivity index (χ4v) is 2.40. The van der Waals surface area contributed by atoms with Crippen molar-refractivity contribution in [3.8, 4) is 0 Å². The number of H-pyrrole nitrogens is 1. The van der Waals surface area contributed by atoms with E-state index in [2.05, 4.69) is 21.8 Å². The molecule has 84 valence electrons. The Hall–Kier alpha value is -1.71. The Morgan fingerprint density at radius 2 is 2.38 bits per heavy atom. The summed E-state index contributed by atoms with van der Waals surface area (Å²) in [6, 6.07) is 6.37. The first-order valence-electron chi connectivity index (χ1n) is 5.76. The zero-order chi connectivity index (χ0) is 11.1. The van der Waals surface area contributed by atoms with Gasteiger partial charge in [0.2, 0.25) is 5.95 Å². The normalized spacial score (nSPS) is 20.8. The summed E-state index contributed by atoms with van der Waals surface area (Å²) in [5, 5.41) is 0. The van der Waals surface area contributed by atoms with E-state index >= 15 is 0 Å². The van der Waals surface area contributed by atoms with Crippen LogP contribution in [0.25, 0.3) is 11.0 Å². The van der Waals surface area contributed by atoms with E-state index in [1.54, 1.807) is 0 Å². The molecule has 4 heteroatoms. The van der Waals surface area contributed by atoms with Crippen molar-refractivity contribution in [2.24, 2.45) is 0 Å². The highest BCUT2D eigenvalue weighted by molar-refractivity contribution is 5.81.